The minimum absolute atomic E-state index is 0.0578. The Morgan fingerprint density at radius 2 is 0.935 bits per heavy atom. The van der Waals surface area contributed by atoms with E-state index in [9.17, 15) is 19.4 Å². The Labute approximate surface area is 383 Å². The third-order valence-electron chi connectivity index (χ3n) is 11.0. The zero-order valence-electron chi connectivity index (χ0n) is 40.8. The van der Waals surface area contributed by atoms with Crippen LogP contribution in [0.2, 0.25) is 0 Å². The van der Waals surface area contributed by atoms with Crippen LogP contribution in [0.5, 0.6) is 0 Å². The number of unbranched alkanes of at least 4 members (excludes halogenated alkanes) is 20. The Kier molecular flexibility index (Phi) is 42.7. The molecule has 0 spiro atoms. The van der Waals surface area contributed by atoms with E-state index in [1.54, 1.807) is 0 Å². The monoisotopic (exact) mass is 890 g/mol. The Balaban J connectivity index is 4.39. The van der Waals surface area contributed by atoms with Crippen LogP contribution < -0.4 is 5.32 Å². The van der Waals surface area contributed by atoms with Gasteiger partial charge in [-0.25, -0.2) is 4.57 Å². The number of likely N-dealkylation sites (N-methyl/N-ethyl adjacent to an activating group) is 1. The first-order valence-electron chi connectivity index (χ1n) is 25.3. The van der Waals surface area contributed by atoms with Crippen LogP contribution in [0.1, 0.15) is 206 Å². The van der Waals surface area contributed by atoms with Crippen molar-refractivity contribution in [3.8, 4) is 0 Å². The van der Waals surface area contributed by atoms with Crippen molar-refractivity contribution in [3.63, 3.8) is 0 Å². The van der Waals surface area contributed by atoms with E-state index in [0.717, 1.165) is 57.8 Å². The number of phosphoric ester groups is 1. The number of hydrogen-bond acceptors (Lipinski definition) is 5. The smallest absolute Gasteiger partial charge is 0.391 e. The summed E-state index contributed by atoms with van der Waals surface area (Å²) in [5.74, 6) is -0.227. The van der Waals surface area contributed by atoms with Gasteiger partial charge in [-0.05, 0) is 51.4 Å². The lowest BCUT2D eigenvalue weighted by Gasteiger charge is -2.26. The Hall–Kier alpha value is -2.06. The molecule has 0 radical (unpaired) electrons. The van der Waals surface area contributed by atoms with Crippen LogP contribution in [-0.4, -0.2) is 73.4 Å². The number of amides is 1. The van der Waals surface area contributed by atoms with E-state index in [-0.39, 0.29) is 25.5 Å². The highest BCUT2D eigenvalue weighted by Crippen LogP contribution is 2.43. The van der Waals surface area contributed by atoms with Gasteiger partial charge in [0.05, 0.1) is 39.9 Å². The summed E-state index contributed by atoms with van der Waals surface area (Å²) in [5, 5.41) is 14.0. The van der Waals surface area contributed by atoms with Gasteiger partial charge in [0.1, 0.15) is 13.2 Å². The third-order valence-corrected chi connectivity index (χ3v) is 12.0. The highest BCUT2D eigenvalue weighted by atomic mass is 31.2. The molecule has 62 heavy (non-hydrogen) atoms. The lowest BCUT2D eigenvalue weighted by Crippen LogP contribution is -2.46. The second-order valence-corrected chi connectivity index (χ2v) is 19.6. The van der Waals surface area contributed by atoms with Crippen LogP contribution in [0.15, 0.2) is 72.9 Å². The van der Waals surface area contributed by atoms with Crippen molar-refractivity contribution >= 4 is 13.7 Å². The number of aliphatic hydroxyl groups excluding tert-OH is 1. The fourth-order valence-electron chi connectivity index (χ4n) is 7.01. The van der Waals surface area contributed by atoms with Crippen molar-refractivity contribution in [1.29, 1.82) is 0 Å². The molecular formula is C53H98N2O6P+. The Morgan fingerprint density at radius 1 is 0.565 bits per heavy atom. The van der Waals surface area contributed by atoms with Gasteiger partial charge < -0.3 is 19.8 Å². The average Bonchev–Trinajstić information content (AvgIpc) is 3.23. The molecule has 0 fully saturated rings. The summed E-state index contributed by atoms with van der Waals surface area (Å²) >= 11 is 0. The van der Waals surface area contributed by atoms with Gasteiger partial charge in [-0.15, -0.1) is 0 Å². The predicted octanol–water partition coefficient (Wildman–Crippen LogP) is 14.8. The number of hydrogen-bond donors (Lipinski definition) is 3. The molecule has 0 bridgehead atoms. The number of aliphatic hydroxyl groups is 1. The molecular weight excluding hydrogens is 792 g/mol. The van der Waals surface area contributed by atoms with Crippen LogP contribution in [0, 0.1) is 0 Å². The maximum absolute atomic E-state index is 12.9. The molecule has 0 aromatic carbocycles. The van der Waals surface area contributed by atoms with Gasteiger partial charge in [-0.2, -0.15) is 0 Å². The molecule has 3 atom stereocenters. The van der Waals surface area contributed by atoms with Crippen molar-refractivity contribution < 1.29 is 32.9 Å². The van der Waals surface area contributed by atoms with E-state index in [1.165, 1.54) is 116 Å². The summed E-state index contributed by atoms with van der Waals surface area (Å²) in [4.78, 5) is 23.2. The predicted molar refractivity (Wildman–Crippen MR) is 267 cm³/mol. The van der Waals surface area contributed by atoms with Crippen LogP contribution in [0.4, 0.5) is 0 Å². The van der Waals surface area contributed by atoms with Crippen LogP contribution in [0.3, 0.4) is 0 Å². The summed E-state index contributed by atoms with van der Waals surface area (Å²) in [6, 6.07) is -0.805. The lowest BCUT2D eigenvalue weighted by atomic mass is 10.0. The molecule has 9 heteroatoms. The number of nitrogens with one attached hydrogen (secondary N) is 1. The molecule has 360 valence electrons. The highest BCUT2D eigenvalue weighted by Gasteiger charge is 2.28. The van der Waals surface area contributed by atoms with Gasteiger partial charge in [0.15, 0.2) is 0 Å². The van der Waals surface area contributed by atoms with Crippen molar-refractivity contribution in [2.24, 2.45) is 0 Å². The quantitative estimate of drug-likeness (QED) is 0.0243. The second-order valence-electron chi connectivity index (χ2n) is 18.2. The SMILES string of the molecule is CC/C=C\C/C=C\C/C=C\C/C=C\C/C=C\C/C=C\CCC(=O)NC(COP(=O)(O)OCC[N+](C)(C)C)C(O)CCCCCCCCCCCCCCCCCCCCCCC. The molecule has 0 saturated carbocycles. The first-order chi connectivity index (χ1) is 30.0. The molecule has 0 saturated heterocycles. The van der Waals surface area contributed by atoms with Gasteiger partial charge >= 0.3 is 7.82 Å². The largest absolute Gasteiger partial charge is 0.472 e. The van der Waals surface area contributed by atoms with E-state index < -0.39 is 20.0 Å². The standard InChI is InChI=1S/C53H97N2O6P/c1-6-8-10-12-14-16-18-20-22-24-26-27-29-30-32-34-36-38-40-42-44-46-52(56)51(50-61-62(58,59)60-49-48-55(3,4)5)54-53(57)47-45-43-41-39-37-35-33-31-28-25-23-21-19-17-15-13-11-9-7-2/h9,11,15,17,21,23,28,31,35,37,41,43,51-52,56H,6-8,10,12-14,16,18-20,22,24-27,29-30,32-34,36,38-40,42,44-50H2,1-5H3,(H-,54,57,58,59)/p+1/b11-9-,17-15-,23-21-,31-28-,37-35-,43-41-. The summed E-state index contributed by atoms with van der Waals surface area (Å²) in [7, 11) is 1.56. The van der Waals surface area contributed by atoms with E-state index in [1.807, 2.05) is 33.3 Å². The maximum atomic E-state index is 12.9. The van der Waals surface area contributed by atoms with Crippen molar-refractivity contribution in [2.75, 3.05) is 40.9 Å². The molecule has 1 amide bonds. The highest BCUT2D eigenvalue weighted by molar-refractivity contribution is 7.47. The van der Waals surface area contributed by atoms with Gasteiger partial charge in [0.25, 0.3) is 0 Å². The molecule has 0 heterocycles. The summed E-state index contributed by atoms with van der Waals surface area (Å²) in [6.07, 6.45) is 59.6. The van der Waals surface area contributed by atoms with Gasteiger partial charge in [-0.3, -0.25) is 13.8 Å². The molecule has 0 aromatic rings. The summed E-state index contributed by atoms with van der Waals surface area (Å²) in [5.41, 5.74) is 0. The molecule has 0 aliphatic heterocycles. The number of allylic oxidation sites excluding steroid dienone is 12. The summed E-state index contributed by atoms with van der Waals surface area (Å²) in [6.45, 7) is 4.72. The Morgan fingerprint density at radius 3 is 1.32 bits per heavy atom. The zero-order valence-corrected chi connectivity index (χ0v) is 41.7. The van der Waals surface area contributed by atoms with E-state index >= 15 is 0 Å². The molecule has 0 aliphatic rings. The molecule has 3 N–H and O–H groups in total. The van der Waals surface area contributed by atoms with Crippen molar-refractivity contribution in [2.45, 2.75) is 219 Å². The van der Waals surface area contributed by atoms with E-state index in [4.69, 9.17) is 9.05 Å². The van der Waals surface area contributed by atoms with Gasteiger partial charge in [0.2, 0.25) is 5.91 Å². The van der Waals surface area contributed by atoms with E-state index in [0.29, 0.717) is 23.9 Å². The Bertz CT molecular complexity index is 1240. The fourth-order valence-corrected chi connectivity index (χ4v) is 7.75. The molecule has 0 aromatic heterocycles. The molecule has 0 rings (SSSR count). The zero-order chi connectivity index (χ0) is 45.7. The third kappa shape index (κ3) is 45.9. The number of quaternary nitrogens is 1. The van der Waals surface area contributed by atoms with Gasteiger partial charge in [-0.1, -0.05) is 222 Å². The number of phosphoric acid groups is 1. The number of carbonyl (C=O) groups is 1. The second kappa shape index (κ2) is 44.2. The minimum Gasteiger partial charge on any atom is -0.391 e. The minimum atomic E-state index is -4.34. The topological polar surface area (TPSA) is 105 Å². The van der Waals surface area contributed by atoms with Crippen LogP contribution in [0.25, 0.3) is 0 Å². The summed E-state index contributed by atoms with van der Waals surface area (Å²) < 4.78 is 23.7. The number of nitrogens with zero attached hydrogens (tertiary/aromatic N) is 1. The average molecular weight is 890 g/mol. The molecule has 8 nitrogen and oxygen atoms in total. The normalized spacial score (nSPS) is 14.8. The first-order valence-corrected chi connectivity index (χ1v) is 26.8. The molecule has 0 aliphatic carbocycles. The van der Waals surface area contributed by atoms with Crippen molar-refractivity contribution in [3.05, 3.63) is 72.9 Å². The van der Waals surface area contributed by atoms with Crippen LogP contribution in [-0.2, 0) is 18.4 Å². The number of rotatable bonds is 45. The van der Waals surface area contributed by atoms with Gasteiger partial charge in [0, 0.05) is 6.42 Å². The lowest BCUT2D eigenvalue weighted by molar-refractivity contribution is -0.870. The van der Waals surface area contributed by atoms with Crippen molar-refractivity contribution in [1.82, 2.24) is 5.32 Å². The van der Waals surface area contributed by atoms with Crippen LogP contribution >= 0.6 is 7.82 Å². The molecule has 3 unspecified atom stereocenters. The number of carbonyl (C=O) groups excluding carboxylic acids is 1. The first kappa shape index (κ1) is 59.9. The maximum Gasteiger partial charge on any atom is 0.472 e. The fraction of sp³-hybridized carbons (Fsp3) is 0.755. The van der Waals surface area contributed by atoms with E-state index in [2.05, 4.69) is 79.9 Å².